The number of halogens is 2. The molecule has 5 heteroatoms. The average molecular weight is 283 g/mol. The summed E-state index contributed by atoms with van der Waals surface area (Å²) in [5.41, 5.74) is 1.75. The number of benzene rings is 1. The number of nitrogens with zero attached hydrogens (tertiary/aromatic N) is 1. The molecule has 0 unspecified atom stereocenters. The zero-order valence-electron chi connectivity index (χ0n) is 9.62. The quantitative estimate of drug-likeness (QED) is 0.824. The number of fused-ring (bicyclic) bond motifs is 1. The lowest BCUT2D eigenvalue weighted by atomic mass is 9.95. The molecule has 0 bridgehead atoms. The first-order valence-corrected chi connectivity index (χ1v) is 6.66. The summed E-state index contributed by atoms with van der Waals surface area (Å²) in [6.45, 7) is 0.897. The normalized spacial score (nSPS) is 18.0. The Morgan fingerprint density at radius 1 is 1.50 bits per heavy atom. The number of hydrogen-bond donors (Lipinski definition) is 1. The highest BCUT2D eigenvalue weighted by molar-refractivity contribution is 7.71. The van der Waals surface area contributed by atoms with Gasteiger partial charge in [0.1, 0.15) is 5.82 Å². The maximum Gasteiger partial charge on any atom is 0.177 e. The van der Waals surface area contributed by atoms with Crippen molar-refractivity contribution >= 4 is 23.8 Å². The fraction of sp³-hybridized carbons (Fsp3) is 0.308. The molecule has 0 fully saturated rings. The molecule has 1 aromatic carbocycles. The number of aromatic amines is 1. The molecule has 2 heterocycles. The van der Waals surface area contributed by atoms with E-state index in [1.54, 1.807) is 12.1 Å². The largest absolute Gasteiger partial charge is 0.337 e. The van der Waals surface area contributed by atoms with E-state index in [1.165, 1.54) is 6.07 Å². The van der Waals surface area contributed by atoms with E-state index < -0.39 is 0 Å². The van der Waals surface area contributed by atoms with Crippen molar-refractivity contribution in [2.75, 3.05) is 0 Å². The van der Waals surface area contributed by atoms with E-state index in [0.717, 1.165) is 23.4 Å². The number of aromatic nitrogens is 2. The molecular formula is C13H12ClFN2S. The lowest BCUT2D eigenvalue weighted by Gasteiger charge is -2.11. The second-order valence-corrected chi connectivity index (χ2v) is 5.35. The summed E-state index contributed by atoms with van der Waals surface area (Å²) in [5.74, 6) is 0.0578. The third-order valence-corrected chi connectivity index (χ3v) is 4.22. The molecule has 1 atom stereocenters. The molecule has 0 amide bonds. The summed E-state index contributed by atoms with van der Waals surface area (Å²) in [7, 11) is 0. The van der Waals surface area contributed by atoms with Gasteiger partial charge in [-0.3, -0.25) is 0 Å². The number of imidazole rings is 1. The Morgan fingerprint density at radius 2 is 2.33 bits per heavy atom. The topological polar surface area (TPSA) is 20.7 Å². The molecule has 1 aliphatic heterocycles. The Kier molecular flexibility index (Phi) is 2.99. The number of hydrogen-bond acceptors (Lipinski definition) is 1. The Morgan fingerprint density at radius 3 is 3.11 bits per heavy atom. The Hall–Kier alpha value is -1.13. The zero-order chi connectivity index (χ0) is 12.7. The molecule has 0 radical (unpaired) electrons. The van der Waals surface area contributed by atoms with Crippen LogP contribution in [0.4, 0.5) is 4.39 Å². The summed E-state index contributed by atoms with van der Waals surface area (Å²) in [6, 6.07) is 4.83. The highest BCUT2D eigenvalue weighted by Crippen LogP contribution is 2.33. The van der Waals surface area contributed by atoms with Gasteiger partial charge in [0.25, 0.3) is 0 Å². The van der Waals surface area contributed by atoms with Gasteiger partial charge in [0, 0.05) is 34.9 Å². The maximum absolute atomic E-state index is 13.8. The van der Waals surface area contributed by atoms with Crippen molar-refractivity contribution in [1.82, 2.24) is 9.55 Å². The van der Waals surface area contributed by atoms with Gasteiger partial charge in [-0.1, -0.05) is 17.7 Å². The monoisotopic (exact) mass is 282 g/mol. The van der Waals surface area contributed by atoms with Crippen molar-refractivity contribution in [3.8, 4) is 0 Å². The average Bonchev–Trinajstić information content (AvgIpc) is 2.89. The minimum atomic E-state index is -0.227. The second-order valence-electron chi connectivity index (χ2n) is 4.56. The van der Waals surface area contributed by atoms with Gasteiger partial charge in [-0.05, 0) is 37.2 Å². The first kappa shape index (κ1) is 11.9. The van der Waals surface area contributed by atoms with Gasteiger partial charge in [-0.2, -0.15) is 0 Å². The van der Waals surface area contributed by atoms with Crippen molar-refractivity contribution in [2.45, 2.75) is 25.3 Å². The van der Waals surface area contributed by atoms with Crippen LogP contribution in [0.1, 0.15) is 23.6 Å². The third-order valence-electron chi connectivity index (χ3n) is 3.53. The minimum Gasteiger partial charge on any atom is -0.337 e. The van der Waals surface area contributed by atoms with E-state index in [4.69, 9.17) is 23.8 Å². The van der Waals surface area contributed by atoms with Gasteiger partial charge in [0.05, 0.1) is 0 Å². The molecule has 1 aromatic heterocycles. The third kappa shape index (κ3) is 1.89. The van der Waals surface area contributed by atoms with Gasteiger partial charge >= 0.3 is 0 Å². The predicted molar refractivity (Wildman–Crippen MR) is 72.1 cm³/mol. The summed E-state index contributed by atoms with van der Waals surface area (Å²) in [5, 5.41) is 0.502. The summed E-state index contributed by atoms with van der Waals surface area (Å²) in [4.78, 5) is 3.04. The Labute approximate surface area is 114 Å². The molecule has 0 saturated carbocycles. The predicted octanol–water partition coefficient (Wildman–Crippen LogP) is 4.07. The Bertz CT molecular complexity index is 626. The standard InChI is InChI=1S/C13H12ClFN2S/c14-10-2-1-3-11(15)9(10)6-8-4-5-17-12(8)7-16-13(17)18/h1-3,7-8H,4-6H2,(H,16,18)/t8-/m1/s1. The molecule has 3 rings (SSSR count). The van der Waals surface area contributed by atoms with Gasteiger partial charge in [-0.15, -0.1) is 0 Å². The van der Waals surface area contributed by atoms with Crippen LogP contribution < -0.4 is 0 Å². The summed E-state index contributed by atoms with van der Waals surface area (Å²) < 4.78 is 16.6. The Balaban J connectivity index is 1.93. The lowest BCUT2D eigenvalue weighted by molar-refractivity contribution is 0.584. The molecule has 1 aliphatic rings. The van der Waals surface area contributed by atoms with Crippen LogP contribution in [0.5, 0.6) is 0 Å². The van der Waals surface area contributed by atoms with E-state index in [1.807, 2.05) is 6.20 Å². The van der Waals surface area contributed by atoms with Crippen LogP contribution in [-0.2, 0) is 13.0 Å². The van der Waals surface area contributed by atoms with Gasteiger partial charge in [-0.25, -0.2) is 4.39 Å². The molecule has 18 heavy (non-hydrogen) atoms. The summed E-state index contributed by atoms with van der Waals surface area (Å²) in [6.07, 6.45) is 3.53. The maximum atomic E-state index is 13.8. The second kappa shape index (κ2) is 4.52. The van der Waals surface area contributed by atoms with E-state index in [0.29, 0.717) is 17.0 Å². The van der Waals surface area contributed by atoms with Crippen LogP contribution in [0.3, 0.4) is 0 Å². The van der Waals surface area contributed by atoms with Crippen molar-refractivity contribution in [1.29, 1.82) is 0 Å². The van der Waals surface area contributed by atoms with Gasteiger partial charge in [0.2, 0.25) is 0 Å². The minimum absolute atomic E-state index is 0.227. The molecule has 1 N–H and O–H groups in total. The van der Waals surface area contributed by atoms with E-state index >= 15 is 0 Å². The SMILES string of the molecule is Fc1cccc(Cl)c1C[C@H]1CCn2c1c[nH]c2=S. The van der Waals surface area contributed by atoms with Crippen molar-refractivity contribution in [2.24, 2.45) is 0 Å². The fourth-order valence-corrected chi connectivity index (χ4v) is 3.09. The van der Waals surface area contributed by atoms with Crippen molar-refractivity contribution in [3.63, 3.8) is 0 Å². The molecular weight excluding hydrogens is 271 g/mol. The van der Waals surface area contributed by atoms with Gasteiger partial charge in [0.15, 0.2) is 4.77 Å². The molecule has 0 aliphatic carbocycles. The molecule has 0 saturated heterocycles. The van der Waals surface area contributed by atoms with Crippen LogP contribution in [-0.4, -0.2) is 9.55 Å². The highest BCUT2D eigenvalue weighted by Gasteiger charge is 2.25. The molecule has 2 aromatic rings. The van der Waals surface area contributed by atoms with E-state index in [9.17, 15) is 4.39 Å². The van der Waals surface area contributed by atoms with Crippen LogP contribution >= 0.6 is 23.8 Å². The molecule has 94 valence electrons. The number of H-pyrrole nitrogens is 1. The van der Waals surface area contributed by atoms with Crippen molar-refractivity contribution < 1.29 is 4.39 Å². The molecule has 0 spiro atoms. The van der Waals surface area contributed by atoms with E-state index in [2.05, 4.69) is 9.55 Å². The highest BCUT2D eigenvalue weighted by atomic mass is 35.5. The summed E-state index contributed by atoms with van der Waals surface area (Å²) >= 11 is 11.3. The van der Waals surface area contributed by atoms with Crippen LogP contribution in [0, 0.1) is 10.6 Å². The smallest absolute Gasteiger partial charge is 0.177 e. The number of nitrogens with one attached hydrogen (secondary N) is 1. The van der Waals surface area contributed by atoms with Gasteiger partial charge < -0.3 is 9.55 Å². The lowest BCUT2D eigenvalue weighted by Crippen LogP contribution is -2.02. The van der Waals surface area contributed by atoms with Crippen LogP contribution in [0.2, 0.25) is 5.02 Å². The first-order valence-electron chi connectivity index (χ1n) is 5.88. The van der Waals surface area contributed by atoms with Crippen LogP contribution in [0.25, 0.3) is 0 Å². The fourth-order valence-electron chi connectivity index (χ4n) is 2.59. The van der Waals surface area contributed by atoms with Crippen molar-refractivity contribution in [3.05, 3.63) is 51.3 Å². The molecule has 2 nitrogen and oxygen atoms in total. The number of rotatable bonds is 2. The zero-order valence-corrected chi connectivity index (χ0v) is 11.2. The first-order chi connectivity index (χ1) is 8.66. The van der Waals surface area contributed by atoms with Crippen LogP contribution in [0.15, 0.2) is 24.4 Å². The van der Waals surface area contributed by atoms with E-state index in [-0.39, 0.29) is 11.7 Å².